The van der Waals surface area contributed by atoms with Gasteiger partial charge >= 0.3 is 0 Å². The molecule has 1 aliphatic heterocycles. The predicted molar refractivity (Wildman–Crippen MR) is 157 cm³/mol. The van der Waals surface area contributed by atoms with E-state index in [0.717, 1.165) is 35.5 Å². The van der Waals surface area contributed by atoms with Gasteiger partial charge in [0.05, 0.1) is 29.1 Å². The van der Waals surface area contributed by atoms with Gasteiger partial charge in [-0.25, -0.2) is 0 Å². The van der Waals surface area contributed by atoms with E-state index in [-0.39, 0.29) is 6.10 Å². The van der Waals surface area contributed by atoms with Crippen LogP contribution in [-0.2, 0) is 0 Å². The number of ether oxygens (including phenoxy) is 1. The van der Waals surface area contributed by atoms with Crippen LogP contribution in [-0.4, -0.2) is 38.1 Å². The van der Waals surface area contributed by atoms with Gasteiger partial charge in [-0.2, -0.15) is 15.1 Å². The quantitative estimate of drug-likeness (QED) is 0.168. The number of aromatic amines is 1. The van der Waals surface area contributed by atoms with Crippen LogP contribution in [0.3, 0.4) is 0 Å². The molecule has 2 aromatic carbocycles. The maximum Gasteiger partial charge on any atom is 0.231 e. The number of benzene rings is 2. The lowest BCUT2D eigenvalue weighted by molar-refractivity contribution is 0.243. The zero-order chi connectivity index (χ0) is 26.6. The first kappa shape index (κ1) is 26.3. The van der Waals surface area contributed by atoms with E-state index in [4.69, 9.17) is 14.7 Å². The highest BCUT2D eigenvalue weighted by molar-refractivity contribution is 8.00. The molecule has 4 N–H and O–H groups in total. The predicted octanol–water partition coefficient (Wildman–Crippen LogP) is 7.25. The van der Waals surface area contributed by atoms with Crippen LogP contribution in [0.15, 0.2) is 47.5 Å². The summed E-state index contributed by atoms with van der Waals surface area (Å²) in [4.78, 5) is 10.8. The highest BCUT2D eigenvalue weighted by Gasteiger charge is 2.21. The Kier molecular flexibility index (Phi) is 8.04. The van der Waals surface area contributed by atoms with Crippen molar-refractivity contribution < 1.29 is 4.74 Å². The van der Waals surface area contributed by atoms with Gasteiger partial charge in [-0.3, -0.25) is 5.10 Å². The molecule has 9 heteroatoms. The van der Waals surface area contributed by atoms with Crippen LogP contribution in [0.2, 0.25) is 0 Å². The van der Waals surface area contributed by atoms with E-state index in [2.05, 4.69) is 77.3 Å². The van der Waals surface area contributed by atoms with E-state index < -0.39 is 0 Å². The summed E-state index contributed by atoms with van der Waals surface area (Å²) in [5.74, 6) is 1.96. The number of H-pyrrole nitrogens is 1. The minimum atomic E-state index is 0.0358. The van der Waals surface area contributed by atoms with Crippen molar-refractivity contribution in [3.05, 3.63) is 53.7 Å². The molecule has 1 aliphatic rings. The van der Waals surface area contributed by atoms with Crippen LogP contribution in [0.25, 0.3) is 11.0 Å². The number of thioether (sulfide) groups is 1. The van der Waals surface area contributed by atoms with Crippen molar-refractivity contribution in [3.8, 4) is 5.75 Å². The number of anilines is 4. The van der Waals surface area contributed by atoms with Crippen LogP contribution in [0.4, 0.5) is 23.1 Å². The Bertz CT molecular complexity index is 1400. The summed E-state index contributed by atoms with van der Waals surface area (Å²) in [6.45, 7) is 11.7. The number of fused-ring (bicyclic) bond motifs is 1. The molecule has 5 rings (SSSR count). The smallest absolute Gasteiger partial charge is 0.231 e. The lowest BCUT2D eigenvalue weighted by Crippen LogP contribution is -2.27. The number of aryl methyl sites for hydroxylation is 1. The van der Waals surface area contributed by atoms with E-state index in [9.17, 15) is 0 Å². The summed E-state index contributed by atoms with van der Waals surface area (Å²) in [7, 11) is 0. The lowest BCUT2D eigenvalue weighted by Gasteiger charge is -2.27. The Morgan fingerprint density at radius 3 is 2.63 bits per heavy atom. The molecule has 8 nitrogen and oxygen atoms in total. The molecule has 3 heterocycles. The van der Waals surface area contributed by atoms with Crippen LogP contribution in [0.1, 0.15) is 64.1 Å². The topological polar surface area (TPSA) is 99.8 Å². The Morgan fingerprint density at radius 2 is 1.87 bits per heavy atom. The van der Waals surface area contributed by atoms with E-state index in [1.54, 1.807) is 6.20 Å². The fourth-order valence-electron chi connectivity index (χ4n) is 4.81. The number of hydrogen-bond donors (Lipinski definition) is 4. The number of aromatic nitrogens is 4. The number of rotatable bonds is 9. The van der Waals surface area contributed by atoms with Crippen LogP contribution >= 0.6 is 11.8 Å². The SMILES string of the molecule is Cc1cc(Nc2nc(Nc3ccccc3SC(C)C)c3cn[nH]c3n2)c(OC(C)C)cc1C1CCCCN1. The van der Waals surface area contributed by atoms with Crippen molar-refractivity contribution in [2.75, 3.05) is 17.2 Å². The van der Waals surface area contributed by atoms with Crippen molar-refractivity contribution in [2.45, 2.75) is 76.2 Å². The maximum absolute atomic E-state index is 6.27. The fraction of sp³-hybridized carbons (Fsp3) is 0.414. The summed E-state index contributed by atoms with van der Waals surface area (Å²) in [5.41, 5.74) is 5.00. The molecular formula is C29H37N7OS. The number of piperidine rings is 1. The Balaban J connectivity index is 1.50. The molecular weight excluding hydrogens is 494 g/mol. The van der Waals surface area contributed by atoms with Crippen molar-refractivity contribution >= 4 is 45.9 Å². The average molecular weight is 532 g/mol. The second-order valence-corrected chi connectivity index (χ2v) is 11.9. The normalized spacial score (nSPS) is 15.8. The molecule has 0 saturated carbocycles. The third-order valence-electron chi connectivity index (χ3n) is 6.48. The molecule has 0 amide bonds. The minimum Gasteiger partial charge on any atom is -0.489 e. The van der Waals surface area contributed by atoms with Crippen LogP contribution in [0, 0.1) is 6.92 Å². The van der Waals surface area contributed by atoms with Gasteiger partial charge in [0.2, 0.25) is 5.95 Å². The molecule has 1 unspecified atom stereocenters. The molecule has 0 bridgehead atoms. The largest absolute Gasteiger partial charge is 0.489 e. The maximum atomic E-state index is 6.27. The zero-order valence-corrected chi connectivity index (χ0v) is 23.6. The minimum absolute atomic E-state index is 0.0358. The van der Waals surface area contributed by atoms with Crippen molar-refractivity contribution in [1.29, 1.82) is 0 Å². The van der Waals surface area contributed by atoms with Gasteiger partial charge in [0, 0.05) is 16.2 Å². The number of nitrogens with zero attached hydrogens (tertiary/aromatic N) is 3. The highest BCUT2D eigenvalue weighted by Crippen LogP contribution is 2.37. The van der Waals surface area contributed by atoms with Crippen molar-refractivity contribution in [1.82, 2.24) is 25.5 Å². The summed E-state index contributed by atoms with van der Waals surface area (Å²) >= 11 is 1.81. The van der Waals surface area contributed by atoms with E-state index in [1.807, 2.05) is 31.7 Å². The molecule has 1 fully saturated rings. The summed E-state index contributed by atoms with van der Waals surface area (Å²) in [6.07, 6.45) is 5.40. The van der Waals surface area contributed by atoms with E-state index in [0.29, 0.717) is 28.7 Å². The first-order valence-corrected chi connectivity index (χ1v) is 14.3. The molecule has 38 heavy (non-hydrogen) atoms. The molecule has 4 aromatic rings. The van der Waals surface area contributed by atoms with Gasteiger partial charge in [0.15, 0.2) is 5.65 Å². The molecule has 200 valence electrons. The first-order chi connectivity index (χ1) is 18.4. The standard InChI is InChI=1S/C29H37N7OS/c1-17(2)37-25-15-20(22-10-8-9-13-30-22)19(5)14-24(25)33-29-34-27(21-16-31-36-28(21)35-29)32-23-11-6-7-12-26(23)38-18(3)4/h6-7,11-12,14-18,22,30H,8-10,13H2,1-5H3,(H3,31,32,33,34,35,36). The van der Waals surface area contributed by atoms with E-state index in [1.165, 1.54) is 28.9 Å². The van der Waals surface area contributed by atoms with Gasteiger partial charge in [-0.15, -0.1) is 11.8 Å². The Morgan fingerprint density at radius 1 is 1.03 bits per heavy atom. The number of hydrogen-bond acceptors (Lipinski definition) is 8. The van der Waals surface area contributed by atoms with Crippen LogP contribution in [0.5, 0.6) is 5.75 Å². The molecule has 0 spiro atoms. The van der Waals surface area contributed by atoms with Crippen molar-refractivity contribution in [2.24, 2.45) is 0 Å². The molecule has 0 aliphatic carbocycles. The van der Waals surface area contributed by atoms with Gasteiger partial charge in [-0.05, 0) is 75.5 Å². The lowest BCUT2D eigenvalue weighted by atomic mass is 9.93. The summed E-state index contributed by atoms with van der Waals surface area (Å²) < 4.78 is 6.27. The van der Waals surface area contributed by atoms with Crippen LogP contribution < -0.4 is 20.7 Å². The fourth-order valence-corrected chi connectivity index (χ4v) is 5.72. The monoisotopic (exact) mass is 531 g/mol. The number of para-hydroxylation sites is 1. The average Bonchev–Trinajstić information content (AvgIpc) is 3.36. The van der Waals surface area contributed by atoms with Crippen molar-refractivity contribution in [3.63, 3.8) is 0 Å². The molecule has 2 aromatic heterocycles. The second kappa shape index (κ2) is 11.6. The third-order valence-corrected chi connectivity index (χ3v) is 7.56. The molecule has 1 atom stereocenters. The van der Waals surface area contributed by atoms with Gasteiger partial charge < -0.3 is 20.7 Å². The molecule has 0 radical (unpaired) electrons. The first-order valence-electron chi connectivity index (χ1n) is 13.4. The second-order valence-electron chi connectivity index (χ2n) is 10.3. The zero-order valence-electron chi connectivity index (χ0n) is 22.8. The van der Waals surface area contributed by atoms with Gasteiger partial charge in [0.1, 0.15) is 11.6 Å². The Labute approximate surface area is 228 Å². The van der Waals surface area contributed by atoms with Gasteiger partial charge in [0.25, 0.3) is 0 Å². The number of nitrogens with one attached hydrogen (secondary N) is 4. The van der Waals surface area contributed by atoms with Gasteiger partial charge in [-0.1, -0.05) is 32.4 Å². The van der Waals surface area contributed by atoms with E-state index >= 15 is 0 Å². The Hall–Kier alpha value is -3.30. The third kappa shape index (κ3) is 6.05. The highest BCUT2D eigenvalue weighted by atomic mass is 32.2. The summed E-state index contributed by atoms with van der Waals surface area (Å²) in [5, 5.41) is 19.2. The summed E-state index contributed by atoms with van der Waals surface area (Å²) in [6, 6.07) is 13.0. The molecule has 1 saturated heterocycles.